The third kappa shape index (κ3) is 6.23. The molecular weight excluding hydrogens is 474 g/mol. The molecule has 0 aliphatic carbocycles. The lowest BCUT2D eigenvalue weighted by molar-refractivity contribution is -0.116. The molecule has 0 spiro atoms. The number of hydrogen-bond acceptors (Lipinski definition) is 7. The standard InChI is InChI=1S/C27H25N5O3S/c1-34-23-15-13-22(14-16-23)32-25(19-35-24-11-6-3-7-12-24)29-30-27(32)36-20-26(33)31(18-8-17-28)21-9-4-2-5-10-21/h2-7,9-16H,8,18-20H2,1H3. The number of anilines is 1. The van der Waals surface area contributed by atoms with Gasteiger partial charge in [-0.1, -0.05) is 48.2 Å². The molecule has 4 aromatic rings. The fourth-order valence-corrected chi connectivity index (χ4v) is 4.36. The molecule has 0 fully saturated rings. The quantitative estimate of drug-likeness (QED) is 0.271. The monoisotopic (exact) mass is 499 g/mol. The molecular formula is C27H25N5O3S. The van der Waals surface area contributed by atoms with Crippen LogP contribution in [-0.2, 0) is 11.4 Å². The van der Waals surface area contributed by atoms with E-state index in [9.17, 15) is 4.79 Å². The van der Waals surface area contributed by atoms with Gasteiger partial charge in [-0.3, -0.25) is 9.36 Å². The molecule has 36 heavy (non-hydrogen) atoms. The Hall–Kier alpha value is -4.29. The Labute approximate surface area is 214 Å². The highest BCUT2D eigenvalue weighted by Crippen LogP contribution is 2.26. The first-order valence-electron chi connectivity index (χ1n) is 11.3. The van der Waals surface area contributed by atoms with Crippen LogP contribution in [0.5, 0.6) is 11.5 Å². The molecule has 0 N–H and O–H groups in total. The van der Waals surface area contributed by atoms with Gasteiger partial charge in [-0.25, -0.2) is 0 Å². The molecule has 0 radical (unpaired) electrons. The van der Waals surface area contributed by atoms with Crippen LogP contribution in [-0.4, -0.2) is 40.1 Å². The molecule has 0 saturated heterocycles. The van der Waals surface area contributed by atoms with E-state index < -0.39 is 0 Å². The largest absolute Gasteiger partial charge is 0.497 e. The summed E-state index contributed by atoms with van der Waals surface area (Å²) in [5, 5.41) is 18.3. The number of nitriles is 1. The lowest BCUT2D eigenvalue weighted by atomic mass is 10.2. The van der Waals surface area contributed by atoms with Crippen LogP contribution in [0.2, 0.25) is 0 Å². The summed E-state index contributed by atoms with van der Waals surface area (Å²) in [6, 6.07) is 28.5. The van der Waals surface area contributed by atoms with Crippen molar-refractivity contribution in [2.45, 2.75) is 18.2 Å². The SMILES string of the molecule is COc1ccc(-n2c(COc3ccccc3)nnc2SCC(=O)N(CCC#N)c2ccccc2)cc1. The van der Waals surface area contributed by atoms with E-state index in [1.54, 1.807) is 12.0 Å². The number of hydrogen-bond donors (Lipinski definition) is 0. The van der Waals surface area contributed by atoms with E-state index in [0.717, 1.165) is 22.9 Å². The molecule has 0 bridgehead atoms. The summed E-state index contributed by atoms with van der Waals surface area (Å²) < 4.78 is 13.1. The van der Waals surface area contributed by atoms with Crippen LogP contribution < -0.4 is 14.4 Å². The van der Waals surface area contributed by atoms with Gasteiger partial charge in [0, 0.05) is 17.9 Å². The van der Waals surface area contributed by atoms with Crippen molar-refractivity contribution in [3.8, 4) is 23.3 Å². The molecule has 0 saturated carbocycles. The van der Waals surface area contributed by atoms with Crippen LogP contribution in [0.25, 0.3) is 5.69 Å². The second-order valence-electron chi connectivity index (χ2n) is 7.61. The van der Waals surface area contributed by atoms with Crippen molar-refractivity contribution in [3.63, 3.8) is 0 Å². The number of aromatic nitrogens is 3. The van der Waals surface area contributed by atoms with Gasteiger partial charge in [-0.15, -0.1) is 10.2 Å². The zero-order valence-corrected chi connectivity index (χ0v) is 20.6. The predicted octanol–water partition coefficient (Wildman–Crippen LogP) is 4.89. The molecule has 1 amide bonds. The van der Waals surface area contributed by atoms with E-state index >= 15 is 0 Å². The van der Waals surface area contributed by atoms with E-state index in [0.29, 0.717) is 17.5 Å². The average molecular weight is 500 g/mol. The van der Waals surface area contributed by atoms with Crippen LogP contribution in [0, 0.1) is 11.3 Å². The molecule has 1 aromatic heterocycles. The third-order valence-corrected chi connectivity index (χ3v) is 6.20. The van der Waals surface area contributed by atoms with Crippen LogP contribution in [0.15, 0.2) is 90.1 Å². The number of para-hydroxylation sites is 2. The lowest BCUT2D eigenvalue weighted by Gasteiger charge is -2.21. The minimum absolute atomic E-state index is 0.118. The zero-order valence-electron chi connectivity index (χ0n) is 19.8. The van der Waals surface area contributed by atoms with E-state index in [4.69, 9.17) is 14.7 Å². The van der Waals surface area contributed by atoms with Crippen molar-refractivity contribution in [1.82, 2.24) is 14.8 Å². The molecule has 9 heteroatoms. The van der Waals surface area contributed by atoms with Gasteiger partial charge < -0.3 is 14.4 Å². The minimum atomic E-state index is -0.118. The number of amides is 1. The molecule has 1 heterocycles. The molecule has 0 aliphatic rings. The molecule has 4 rings (SSSR count). The fourth-order valence-electron chi connectivity index (χ4n) is 3.51. The van der Waals surface area contributed by atoms with Gasteiger partial charge in [0.1, 0.15) is 18.1 Å². The first kappa shape index (κ1) is 24.8. The highest BCUT2D eigenvalue weighted by molar-refractivity contribution is 7.99. The van der Waals surface area contributed by atoms with Crippen molar-refractivity contribution >= 4 is 23.4 Å². The Morgan fingerprint density at radius 1 is 0.972 bits per heavy atom. The fraction of sp³-hybridized carbons (Fsp3) is 0.185. The zero-order chi connectivity index (χ0) is 25.2. The number of benzene rings is 3. The summed E-state index contributed by atoms with van der Waals surface area (Å²) in [6.45, 7) is 0.525. The van der Waals surface area contributed by atoms with Crippen LogP contribution in [0.1, 0.15) is 12.2 Å². The molecule has 3 aromatic carbocycles. The maximum absolute atomic E-state index is 13.2. The Morgan fingerprint density at radius 3 is 2.33 bits per heavy atom. The van der Waals surface area contributed by atoms with Gasteiger partial charge in [0.25, 0.3) is 0 Å². The lowest BCUT2D eigenvalue weighted by Crippen LogP contribution is -2.33. The number of nitrogens with zero attached hydrogens (tertiary/aromatic N) is 5. The van der Waals surface area contributed by atoms with Crippen molar-refractivity contribution in [3.05, 3.63) is 90.8 Å². The summed E-state index contributed by atoms with van der Waals surface area (Å²) in [7, 11) is 1.62. The predicted molar refractivity (Wildman–Crippen MR) is 138 cm³/mol. The minimum Gasteiger partial charge on any atom is -0.497 e. The third-order valence-electron chi connectivity index (χ3n) is 5.28. The number of carbonyl (C=O) groups excluding carboxylic acids is 1. The first-order valence-corrected chi connectivity index (χ1v) is 12.3. The average Bonchev–Trinajstić information content (AvgIpc) is 3.35. The van der Waals surface area contributed by atoms with Crippen molar-refractivity contribution in [2.75, 3.05) is 24.3 Å². The number of methoxy groups -OCH3 is 1. The normalized spacial score (nSPS) is 10.4. The summed E-state index contributed by atoms with van der Waals surface area (Å²) >= 11 is 1.29. The second kappa shape index (κ2) is 12.4. The second-order valence-corrected chi connectivity index (χ2v) is 8.55. The number of rotatable bonds is 11. The molecule has 8 nitrogen and oxygen atoms in total. The van der Waals surface area contributed by atoms with E-state index in [1.165, 1.54) is 11.8 Å². The Bertz CT molecular complexity index is 1310. The molecule has 0 atom stereocenters. The van der Waals surface area contributed by atoms with Gasteiger partial charge in [0.2, 0.25) is 5.91 Å². The Morgan fingerprint density at radius 2 is 1.67 bits per heavy atom. The van der Waals surface area contributed by atoms with Crippen molar-refractivity contribution < 1.29 is 14.3 Å². The highest BCUT2D eigenvalue weighted by Gasteiger charge is 2.20. The maximum Gasteiger partial charge on any atom is 0.237 e. The Kier molecular flexibility index (Phi) is 8.57. The van der Waals surface area contributed by atoms with Gasteiger partial charge in [0.15, 0.2) is 11.0 Å². The van der Waals surface area contributed by atoms with Gasteiger partial charge in [-0.05, 0) is 48.5 Å². The smallest absolute Gasteiger partial charge is 0.237 e. The van der Waals surface area contributed by atoms with Crippen LogP contribution in [0.3, 0.4) is 0 Å². The maximum atomic E-state index is 13.2. The summed E-state index contributed by atoms with van der Waals surface area (Å²) in [4.78, 5) is 14.8. The van der Waals surface area contributed by atoms with E-state index in [1.807, 2.05) is 89.5 Å². The number of ether oxygens (including phenoxy) is 2. The van der Waals surface area contributed by atoms with E-state index in [2.05, 4.69) is 16.3 Å². The van der Waals surface area contributed by atoms with Crippen LogP contribution in [0.4, 0.5) is 5.69 Å². The van der Waals surface area contributed by atoms with Gasteiger partial charge >= 0.3 is 0 Å². The molecule has 0 unspecified atom stereocenters. The summed E-state index contributed by atoms with van der Waals surface area (Å²) in [5.74, 6) is 2.07. The molecule has 0 aliphatic heterocycles. The van der Waals surface area contributed by atoms with Crippen molar-refractivity contribution in [2.24, 2.45) is 0 Å². The Balaban J connectivity index is 1.56. The van der Waals surface area contributed by atoms with Gasteiger partial charge in [0.05, 0.1) is 25.4 Å². The van der Waals surface area contributed by atoms with Crippen molar-refractivity contribution in [1.29, 1.82) is 5.26 Å². The van der Waals surface area contributed by atoms with Crippen LogP contribution >= 0.6 is 11.8 Å². The van der Waals surface area contributed by atoms with Gasteiger partial charge in [-0.2, -0.15) is 5.26 Å². The topological polar surface area (TPSA) is 93.3 Å². The molecule has 182 valence electrons. The van der Waals surface area contributed by atoms with E-state index in [-0.39, 0.29) is 24.7 Å². The summed E-state index contributed by atoms with van der Waals surface area (Å²) in [5.41, 5.74) is 1.58. The highest BCUT2D eigenvalue weighted by atomic mass is 32.2. The number of thioether (sulfide) groups is 1. The summed E-state index contributed by atoms with van der Waals surface area (Å²) in [6.07, 6.45) is 0.244. The number of carbonyl (C=O) groups is 1. The first-order chi connectivity index (χ1) is 17.7.